The summed E-state index contributed by atoms with van der Waals surface area (Å²) >= 11 is 0. The van der Waals surface area contributed by atoms with Crippen molar-refractivity contribution in [1.29, 1.82) is 0 Å². The van der Waals surface area contributed by atoms with Gasteiger partial charge in [0.2, 0.25) is 0 Å². The molecule has 1 aliphatic rings. The molecule has 0 atom stereocenters. The summed E-state index contributed by atoms with van der Waals surface area (Å²) in [5.74, 6) is 0. The van der Waals surface area contributed by atoms with Crippen molar-refractivity contribution in [3.05, 3.63) is 29.6 Å². The first-order valence-electron chi connectivity index (χ1n) is 4.71. The van der Waals surface area contributed by atoms with Gasteiger partial charge in [-0.15, -0.1) is 0 Å². The van der Waals surface area contributed by atoms with E-state index < -0.39 is 11.7 Å². The number of nitrogens with zero attached hydrogens (tertiary/aromatic N) is 1. The molecule has 2 rings (SSSR count). The Morgan fingerprint density at radius 3 is 2.47 bits per heavy atom. The average molecular weight is 216 g/mol. The van der Waals surface area contributed by atoms with Crippen LogP contribution in [0.4, 0.5) is 13.2 Å². The van der Waals surface area contributed by atoms with Crippen LogP contribution >= 0.6 is 0 Å². The van der Waals surface area contributed by atoms with Gasteiger partial charge in [0.05, 0.1) is 5.56 Å². The number of rotatable bonds is 2. The Morgan fingerprint density at radius 2 is 2.00 bits per heavy atom. The van der Waals surface area contributed by atoms with Gasteiger partial charge < -0.3 is 5.73 Å². The fourth-order valence-corrected chi connectivity index (χ4v) is 1.65. The van der Waals surface area contributed by atoms with Crippen LogP contribution in [-0.4, -0.2) is 11.5 Å². The molecule has 0 unspecified atom stereocenters. The first-order chi connectivity index (χ1) is 6.98. The molecule has 1 aromatic heterocycles. The molecule has 1 aromatic rings. The number of hydrogen-bond donors (Lipinski definition) is 1. The Kier molecular flexibility index (Phi) is 2.22. The molecule has 2 N–H and O–H groups in total. The molecule has 0 aliphatic heterocycles. The predicted molar refractivity (Wildman–Crippen MR) is 49.2 cm³/mol. The largest absolute Gasteiger partial charge is 0.417 e. The molecule has 0 radical (unpaired) electrons. The molecule has 1 saturated carbocycles. The van der Waals surface area contributed by atoms with Crippen LogP contribution in [0.15, 0.2) is 18.5 Å². The zero-order valence-corrected chi connectivity index (χ0v) is 8.01. The van der Waals surface area contributed by atoms with Crippen molar-refractivity contribution in [3.63, 3.8) is 0 Å². The van der Waals surface area contributed by atoms with Crippen LogP contribution in [0.3, 0.4) is 0 Å². The molecule has 0 amide bonds. The lowest BCUT2D eigenvalue weighted by atomic mass is 9.97. The lowest BCUT2D eigenvalue weighted by molar-refractivity contribution is -0.137. The number of nitrogens with two attached hydrogens (primary N) is 1. The van der Waals surface area contributed by atoms with Crippen LogP contribution in [0.1, 0.15) is 24.0 Å². The van der Waals surface area contributed by atoms with E-state index in [-0.39, 0.29) is 5.41 Å². The van der Waals surface area contributed by atoms with E-state index in [0.29, 0.717) is 12.1 Å². The van der Waals surface area contributed by atoms with Crippen molar-refractivity contribution in [1.82, 2.24) is 4.98 Å². The number of pyridine rings is 1. The zero-order valence-electron chi connectivity index (χ0n) is 8.01. The number of halogens is 3. The minimum absolute atomic E-state index is 0.242. The third-order valence-electron chi connectivity index (χ3n) is 2.92. The summed E-state index contributed by atoms with van der Waals surface area (Å²) in [6.07, 6.45) is -0.294. The van der Waals surface area contributed by atoms with Crippen molar-refractivity contribution < 1.29 is 13.2 Å². The monoisotopic (exact) mass is 216 g/mol. The molecule has 5 heteroatoms. The van der Waals surface area contributed by atoms with E-state index in [9.17, 15) is 13.2 Å². The highest BCUT2D eigenvalue weighted by molar-refractivity contribution is 5.33. The van der Waals surface area contributed by atoms with Crippen LogP contribution < -0.4 is 5.73 Å². The maximum atomic E-state index is 12.4. The SMILES string of the molecule is NCC1(c2cncc(C(F)(F)F)c2)CC1. The van der Waals surface area contributed by atoms with Crippen LogP contribution in [0.2, 0.25) is 0 Å². The predicted octanol–water partition coefficient (Wildman–Crippen LogP) is 2.09. The van der Waals surface area contributed by atoms with Crippen LogP contribution in [0.5, 0.6) is 0 Å². The summed E-state index contributed by atoms with van der Waals surface area (Å²) in [4.78, 5) is 3.63. The Bertz CT molecular complexity index is 369. The third-order valence-corrected chi connectivity index (χ3v) is 2.92. The Morgan fingerprint density at radius 1 is 1.33 bits per heavy atom. The van der Waals surface area contributed by atoms with E-state index in [2.05, 4.69) is 4.98 Å². The summed E-state index contributed by atoms with van der Waals surface area (Å²) in [5, 5.41) is 0. The van der Waals surface area contributed by atoms with Crippen molar-refractivity contribution in [2.75, 3.05) is 6.54 Å². The highest BCUT2D eigenvalue weighted by Gasteiger charge is 2.44. The molecule has 1 heterocycles. The molecule has 1 aliphatic carbocycles. The fourth-order valence-electron chi connectivity index (χ4n) is 1.65. The van der Waals surface area contributed by atoms with E-state index in [0.717, 1.165) is 25.1 Å². The standard InChI is InChI=1S/C10H11F3N2/c11-10(12,13)8-3-7(4-15-5-8)9(6-14)1-2-9/h3-5H,1-2,6,14H2. The third kappa shape index (κ3) is 1.84. The summed E-state index contributed by atoms with van der Waals surface area (Å²) in [5.41, 5.74) is 5.23. The molecule has 82 valence electrons. The number of alkyl halides is 3. The van der Waals surface area contributed by atoms with Crippen LogP contribution in [-0.2, 0) is 11.6 Å². The average Bonchev–Trinajstić information content (AvgIpc) is 2.97. The Hall–Kier alpha value is -1.10. The summed E-state index contributed by atoms with van der Waals surface area (Å²) in [6.45, 7) is 0.385. The minimum Gasteiger partial charge on any atom is -0.330 e. The molecule has 2 nitrogen and oxygen atoms in total. The second-order valence-corrected chi connectivity index (χ2v) is 3.94. The van der Waals surface area contributed by atoms with Gasteiger partial charge in [-0.1, -0.05) is 0 Å². The van der Waals surface area contributed by atoms with Crippen molar-refractivity contribution in [2.24, 2.45) is 5.73 Å². The molecular formula is C10H11F3N2. The van der Waals surface area contributed by atoms with E-state index in [1.54, 1.807) is 0 Å². The summed E-state index contributed by atoms with van der Waals surface area (Å²) in [6, 6.07) is 1.16. The molecule has 0 spiro atoms. The number of hydrogen-bond acceptors (Lipinski definition) is 2. The van der Waals surface area contributed by atoms with Crippen LogP contribution in [0, 0.1) is 0 Å². The van der Waals surface area contributed by atoms with E-state index in [1.165, 1.54) is 6.20 Å². The van der Waals surface area contributed by atoms with Crippen molar-refractivity contribution in [3.8, 4) is 0 Å². The zero-order chi connectivity index (χ0) is 11.1. The van der Waals surface area contributed by atoms with Gasteiger partial charge in [-0.2, -0.15) is 13.2 Å². The molecule has 1 fully saturated rings. The van der Waals surface area contributed by atoms with Gasteiger partial charge in [0.25, 0.3) is 0 Å². The van der Waals surface area contributed by atoms with Crippen LogP contribution in [0.25, 0.3) is 0 Å². The second-order valence-electron chi connectivity index (χ2n) is 3.94. The maximum absolute atomic E-state index is 12.4. The highest BCUT2D eigenvalue weighted by atomic mass is 19.4. The van der Waals surface area contributed by atoms with Gasteiger partial charge in [0, 0.05) is 24.4 Å². The smallest absolute Gasteiger partial charge is 0.330 e. The van der Waals surface area contributed by atoms with Gasteiger partial charge in [0.15, 0.2) is 0 Å². The Labute approximate surface area is 85.3 Å². The number of aromatic nitrogens is 1. The summed E-state index contributed by atoms with van der Waals surface area (Å²) in [7, 11) is 0. The molecule has 0 aromatic carbocycles. The molecular weight excluding hydrogens is 205 g/mol. The normalized spacial score (nSPS) is 18.9. The highest BCUT2D eigenvalue weighted by Crippen LogP contribution is 2.47. The second kappa shape index (κ2) is 3.20. The van der Waals surface area contributed by atoms with Gasteiger partial charge in [-0.3, -0.25) is 4.98 Å². The molecule has 0 saturated heterocycles. The van der Waals surface area contributed by atoms with Gasteiger partial charge in [-0.05, 0) is 24.5 Å². The van der Waals surface area contributed by atoms with Gasteiger partial charge >= 0.3 is 6.18 Å². The molecule has 0 bridgehead atoms. The van der Waals surface area contributed by atoms with Crippen molar-refractivity contribution in [2.45, 2.75) is 24.4 Å². The summed E-state index contributed by atoms with van der Waals surface area (Å²) < 4.78 is 37.2. The first-order valence-corrected chi connectivity index (χ1v) is 4.71. The van der Waals surface area contributed by atoms with E-state index in [4.69, 9.17) is 5.73 Å². The quantitative estimate of drug-likeness (QED) is 0.822. The Balaban J connectivity index is 2.35. The lowest BCUT2D eigenvalue weighted by Gasteiger charge is -2.14. The minimum atomic E-state index is -4.33. The van der Waals surface area contributed by atoms with Gasteiger partial charge in [-0.25, -0.2) is 0 Å². The first kappa shape index (κ1) is 10.4. The molecule has 15 heavy (non-hydrogen) atoms. The fraction of sp³-hybridized carbons (Fsp3) is 0.500. The van der Waals surface area contributed by atoms with E-state index in [1.807, 2.05) is 0 Å². The topological polar surface area (TPSA) is 38.9 Å². The van der Waals surface area contributed by atoms with E-state index >= 15 is 0 Å². The van der Waals surface area contributed by atoms with Gasteiger partial charge in [0.1, 0.15) is 0 Å². The maximum Gasteiger partial charge on any atom is 0.417 e. The van der Waals surface area contributed by atoms with Crippen molar-refractivity contribution >= 4 is 0 Å². The lowest BCUT2D eigenvalue weighted by Crippen LogP contribution is -2.20.